The summed E-state index contributed by atoms with van der Waals surface area (Å²) < 4.78 is 19.1. The molecule has 0 spiro atoms. The third-order valence-corrected chi connectivity index (χ3v) is 3.98. The zero-order valence-electron chi connectivity index (χ0n) is 10.2. The number of benzene rings is 1. The van der Waals surface area contributed by atoms with E-state index in [2.05, 4.69) is 5.32 Å². The first-order valence-electron chi connectivity index (χ1n) is 6.25. The Morgan fingerprint density at radius 2 is 2.26 bits per heavy atom. The maximum Gasteiger partial charge on any atom is 0.253 e. The van der Waals surface area contributed by atoms with Crippen molar-refractivity contribution in [3.63, 3.8) is 0 Å². The third kappa shape index (κ3) is 2.28. The Bertz CT molecular complexity index is 538. The predicted octanol–water partition coefficient (Wildman–Crippen LogP) is 2.11. The molecule has 2 fully saturated rings. The van der Waals surface area contributed by atoms with E-state index in [0.717, 1.165) is 25.3 Å². The van der Waals surface area contributed by atoms with E-state index in [1.807, 2.05) is 0 Å². The van der Waals surface area contributed by atoms with Crippen molar-refractivity contribution < 1.29 is 13.9 Å². The predicted molar refractivity (Wildman–Crippen MR) is 69.6 cm³/mol. The van der Waals surface area contributed by atoms with Crippen LogP contribution >= 0.6 is 11.6 Å². The number of ether oxygens (including phenoxy) is 1. The fourth-order valence-corrected chi connectivity index (χ4v) is 3.01. The lowest BCUT2D eigenvalue weighted by Crippen LogP contribution is -2.41. The van der Waals surface area contributed by atoms with Crippen molar-refractivity contribution in [2.75, 3.05) is 5.73 Å². The molecule has 2 heterocycles. The Hall–Kier alpha value is -1.33. The average molecular weight is 285 g/mol. The Morgan fingerprint density at radius 3 is 2.89 bits per heavy atom. The number of hydrogen-bond donors (Lipinski definition) is 2. The van der Waals surface area contributed by atoms with E-state index in [9.17, 15) is 9.18 Å². The van der Waals surface area contributed by atoms with Crippen LogP contribution in [0.5, 0.6) is 0 Å². The molecule has 102 valence electrons. The minimum Gasteiger partial charge on any atom is -0.396 e. The van der Waals surface area contributed by atoms with E-state index in [0.29, 0.717) is 0 Å². The van der Waals surface area contributed by atoms with Gasteiger partial charge in [-0.3, -0.25) is 4.79 Å². The van der Waals surface area contributed by atoms with Gasteiger partial charge in [0.25, 0.3) is 5.91 Å². The van der Waals surface area contributed by atoms with E-state index in [4.69, 9.17) is 22.1 Å². The molecule has 6 heteroatoms. The van der Waals surface area contributed by atoms with Crippen LogP contribution in [-0.2, 0) is 4.74 Å². The largest absolute Gasteiger partial charge is 0.396 e. The Balaban J connectivity index is 1.77. The van der Waals surface area contributed by atoms with Gasteiger partial charge in [0.15, 0.2) is 0 Å². The second kappa shape index (κ2) is 4.65. The van der Waals surface area contributed by atoms with Gasteiger partial charge >= 0.3 is 0 Å². The molecule has 2 aliphatic rings. The molecule has 0 radical (unpaired) electrons. The van der Waals surface area contributed by atoms with Crippen molar-refractivity contribution in [1.82, 2.24) is 5.32 Å². The zero-order chi connectivity index (χ0) is 13.6. The standard InChI is InChI=1S/C13H14ClFN2O2/c14-6-3-8(12(16)9(15)4-6)13(18)17-10-5-7-1-2-11(10)19-7/h3-4,7,10-11H,1-2,5,16H2,(H,17,18). The first kappa shape index (κ1) is 12.7. The Labute approximate surface area is 115 Å². The molecule has 0 saturated carbocycles. The average Bonchev–Trinajstić information content (AvgIpc) is 2.95. The molecule has 1 amide bonds. The molecule has 1 aromatic rings. The van der Waals surface area contributed by atoms with Gasteiger partial charge in [-0.2, -0.15) is 0 Å². The molecule has 3 unspecified atom stereocenters. The highest BCUT2D eigenvalue weighted by Crippen LogP contribution is 2.34. The summed E-state index contributed by atoms with van der Waals surface area (Å²) in [5.41, 5.74) is 5.48. The van der Waals surface area contributed by atoms with Gasteiger partial charge in [0, 0.05) is 5.02 Å². The van der Waals surface area contributed by atoms with Crippen LogP contribution in [0.15, 0.2) is 12.1 Å². The number of nitrogen functional groups attached to an aromatic ring is 1. The molecule has 3 N–H and O–H groups in total. The van der Waals surface area contributed by atoms with Crippen LogP contribution in [0.2, 0.25) is 5.02 Å². The van der Waals surface area contributed by atoms with E-state index >= 15 is 0 Å². The summed E-state index contributed by atoms with van der Waals surface area (Å²) in [7, 11) is 0. The Kier molecular flexibility index (Phi) is 3.11. The number of anilines is 1. The molecule has 3 atom stereocenters. The summed E-state index contributed by atoms with van der Waals surface area (Å²) >= 11 is 5.75. The molecular weight excluding hydrogens is 271 g/mol. The fourth-order valence-electron chi connectivity index (χ4n) is 2.81. The molecule has 0 aromatic heterocycles. The minimum atomic E-state index is -0.679. The molecule has 1 aromatic carbocycles. The second-order valence-electron chi connectivity index (χ2n) is 5.04. The fraction of sp³-hybridized carbons (Fsp3) is 0.462. The highest BCUT2D eigenvalue weighted by Gasteiger charge is 2.41. The Morgan fingerprint density at radius 1 is 1.47 bits per heavy atom. The smallest absolute Gasteiger partial charge is 0.253 e. The van der Waals surface area contributed by atoms with Gasteiger partial charge in [-0.15, -0.1) is 0 Å². The number of nitrogens with one attached hydrogen (secondary N) is 1. The molecular formula is C13H14ClFN2O2. The van der Waals surface area contributed by atoms with Gasteiger partial charge in [-0.05, 0) is 31.4 Å². The zero-order valence-corrected chi connectivity index (χ0v) is 10.9. The third-order valence-electron chi connectivity index (χ3n) is 3.76. The number of rotatable bonds is 2. The van der Waals surface area contributed by atoms with Crippen molar-refractivity contribution >= 4 is 23.2 Å². The van der Waals surface area contributed by atoms with Crippen molar-refractivity contribution in [3.05, 3.63) is 28.5 Å². The summed E-state index contributed by atoms with van der Waals surface area (Å²) in [6, 6.07) is 2.45. The van der Waals surface area contributed by atoms with Crippen molar-refractivity contribution in [3.8, 4) is 0 Å². The SMILES string of the molecule is Nc1c(F)cc(Cl)cc1C(=O)NC1CC2CCC1O2. The first-order valence-corrected chi connectivity index (χ1v) is 6.63. The summed E-state index contributed by atoms with van der Waals surface area (Å²) in [4.78, 5) is 12.1. The number of halogens is 2. The normalized spacial score (nSPS) is 28.6. The van der Waals surface area contributed by atoms with Gasteiger partial charge in [0.2, 0.25) is 0 Å². The van der Waals surface area contributed by atoms with Crippen molar-refractivity contribution in [1.29, 1.82) is 0 Å². The van der Waals surface area contributed by atoms with Gasteiger partial charge in [-0.1, -0.05) is 11.6 Å². The lowest BCUT2D eigenvalue weighted by Gasteiger charge is -2.20. The topological polar surface area (TPSA) is 64.4 Å². The van der Waals surface area contributed by atoms with Crippen LogP contribution in [0.1, 0.15) is 29.6 Å². The molecule has 2 bridgehead atoms. The van der Waals surface area contributed by atoms with Gasteiger partial charge in [-0.25, -0.2) is 4.39 Å². The number of fused-ring (bicyclic) bond motifs is 2. The summed E-state index contributed by atoms with van der Waals surface area (Å²) in [5, 5.41) is 3.01. The van der Waals surface area contributed by atoms with Crippen LogP contribution in [-0.4, -0.2) is 24.2 Å². The maximum absolute atomic E-state index is 13.4. The van der Waals surface area contributed by atoms with Crippen LogP contribution in [0.25, 0.3) is 0 Å². The highest BCUT2D eigenvalue weighted by molar-refractivity contribution is 6.31. The van der Waals surface area contributed by atoms with E-state index in [-0.39, 0.29) is 34.5 Å². The molecule has 19 heavy (non-hydrogen) atoms. The van der Waals surface area contributed by atoms with E-state index < -0.39 is 11.7 Å². The molecule has 3 rings (SSSR count). The molecule has 2 aliphatic heterocycles. The lowest BCUT2D eigenvalue weighted by molar-refractivity contribution is 0.0841. The quantitative estimate of drug-likeness (QED) is 0.818. The van der Waals surface area contributed by atoms with Gasteiger partial charge in [0.05, 0.1) is 29.5 Å². The number of carbonyl (C=O) groups excluding carboxylic acids is 1. The highest BCUT2D eigenvalue weighted by atomic mass is 35.5. The second-order valence-corrected chi connectivity index (χ2v) is 5.47. The summed E-state index contributed by atoms with van der Waals surface area (Å²) in [6.07, 6.45) is 3.11. The minimum absolute atomic E-state index is 0.0207. The van der Waals surface area contributed by atoms with Gasteiger partial charge < -0.3 is 15.8 Å². The molecule has 2 saturated heterocycles. The van der Waals surface area contributed by atoms with Crippen LogP contribution in [0.3, 0.4) is 0 Å². The number of hydrogen-bond acceptors (Lipinski definition) is 3. The molecule has 4 nitrogen and oxygen atoms in total. The molecule has 0 aliphatic carbocycles. The van der Waals surface area contributed by atoms with Crippen LogP contribution in [0.4, 0.5) is 10.1 Å². The van der Waals surface area contributed by atoms with Gasteiger partial charge in [0.1, 0.15) is 5.82 Å². The van der Waals surface area contributed by atoms with Crippen molar-refractivity contribution in [2.45, 2.75) is 37.5 Å². The summed E-state index contributed by atoms with van der Waals surface area (Å²) in [6.45, 7) is 0. The van der Waals surface area contributed by atoms with Crippen molar-refractivity contribution in [2.24, 2.45) is 0 Å². The van der Waals surface area contributed by atoms with Crippen LogP contribution in [0, 0.1) is 5.82 Å². The lowest BCUT2D eigenvalue weighted by atomic mass is 9.95. The van der Waals surface area contributed by atoms with E-state index in [1.165, 1.54) is 6.07 Å². The summed E-state index contributed by atoms with van der Waals surface area (Å²) in [5.74, 6) is -1.08. The van der Waals surface area contributed by atoms with E-state index in [1.54, 1.807) is 0 Å². The number of amides is 1. The monoisotopic (exact) mass is 284 g/mol. The van der Waals surface area contributed by atoms with Crippen LogP contribution < -0.4 is 11.1 Å². The number of carbonyl (C=O) groups is 1. The first-order chi connectivity index (χ1) is 9.04. The number of nitrogens with two attached hydrogens (primary N) is 1. The maximum atomic E-state index is 13.4.